The van der Waals surface area contributed by atoms with Crippen LogP contribution in [0.4, 0.5) is 0 Å². The molecular formula is C6H22N2. The molecule has 1 unspecified atom stereocenters. The number of hydrogen-bond donors (Lipinski definition) is 2. The first-order valence-corrected chi connectivity index (χ1v) is 1.73. The van der Waals surface area contributed by atoms with E-state index in [4.69, 9.17) is 11.5 Å². The largest absolute Gasteiger partial charge is 0.329 e. The van der Waals surface area contributed by atoms with Gasteiger partial charge in [-0.15, -0.1) is 0 Å². The van der Waals surface area contributed by atoms with E-state index in [9.17, 15) is 0 Å². The summed E-state index contributed by atoms with van der Waals surface area (Å²) in [6.07, 6.45) is 0. The van der Waals surface area contributed by atoms with Crippen molar-refractivity contribution in [1.29, 1.82) is 0 Å². The molecule has 1 atom stereocenters. The predicted molar refractivity (Wildman–Crippen MR) is 42.9 cm³/mol. The SMILES string of the molecule is C.C.C.CC(N)CN. The Labute approximate surface area is 54.3 Å². The van der Waals surface area contributed by atoms with Gasteiger partial charge >= 0.3 is 0 Å². The Morgan fingerprint density at radius 2 is 1.38 bits per heavy atom. The standard InChI is InChI=1S/C3H10N2.3CH4/c1-3(5)2-4;;;/h3H,2,4-5H2,1H3;3*1H4. The van der Waals surface area contributed by atoms with Gasteiger partial charge in [0, 0.05) is 12.6 Å². The minimum atomic E-state index is 0. The fraction of sp³-hybridized carbons (Fsp3) is 1.00. The van der Waals surface area contributed by atoms with Gasteiger partial charge in [-0.2, -0.15) is 0 Å². The van der Waals surface area contributed by atoms with Gasteiger partial charge in [0.1, 0.15) is 0 Å². The van der Waals surface area contributed by atoms with E-state index >= 15 is 0 Å². The monoisotopic (exact) mass is 122 g/mol. The molecule has 8 heavy (non-hydrogen) atoms. The van der Waals surface area contributed by atoms with Crippen LogP contribution in [0.2, 0.25) is 0 Å². The molecule has 0 aliphatic heterocycles. The third-order valence-electron chi connectivity index (χ3n) is 0.372. The van der Waals surface area contributed by atoms with Crippen molar-refractivity contribution in [2.75, 3.05) is 6.54 Å². The zero-order chi connectivity index (χ0) is 4.28. The first kappa shape index (κ1) is 24.7. The minimum Gasteiger partial charge on any atom is -0.329 e. The molecule has 0 aromatic carbocycles. The fourth-order valence-electron chi connectivity index (χ4n) is 0. The summed E-state index contributed by atoms with van der Waals surface area (Å²) in [5, 5.41) is 0. The highest BCUT2D eigenvalue weighted by atomic mass is 14.7. The topological polar surface area (TPSA) is 52.0 Å². The van der Waals surface area contributed by atoms with E-state index < -0.39 is 0 Å². The van der Waals surface area contributed by atoms with Gasteiger partial charge in [-0.1, -0.05) is 22.3 Å². The second-order valence-electron chi connectivity index (χ2n) is 1.21. The molecule has 0 saturated carbocycles. The Bertz CT molecular complexity index is 20.5. The van der Waals surface area contributed by atoms with E-state index in [1.807, 2.05) is 6.92 Å². The highest BCUT2D eigenvalue weighted by Gasteiger charge is 1.79. The van der Waals surface area contributed by atoms with Gasteiger partial charge in [0.15, 0.2) is 0 Å². The van der Waals surface area contributed by atoms with Crippen LogP contribution in [0.5, 0.6) is 0 Å². The van der Waals surface area contributed by atoms with Crippen molar-refractivity contribution in [3.8, 4) is 0 Å². The average Bonchev–Trinajstić information content (AvgIpc) is 1.38. The molecule has 0 aromatic rings. The second kappa shape index (κ2) is 15.8. The van der Waals surface area contributed by atoms with E-state index in [1.165, 1.54) is 0 Å². The Morgan fingerprint density at radius 1 is 1.25 bits per heavy atom. The quantitative estimate of drug-likeness (QED) is 0.549. The minimum absolute atomic E-state index is 0. The first-order valence-electron chi connectivity index (χ1n) is 1.73. The van der Waals surface area contributed by atoms with Crippen LogP contribution < -0.4 is 11.5 Å². The Morgan fingerprint density at radius 3 is 1.38 bits per heavy atom. The summed E-state index contributed by atoms with van der Waals surface area (Å²) in [6.45, 7) is 2.46. The van der Waals surface area contributed by atoms with Gasteiger partial charge in [0.25, 0.3) is 0 Å². The fourth-order valence-corrected chi connectivity index (χ4v) is 0. The molecular weight excluding hydrogens is 100 g/mol. The number of nitrogens with two attached hydrogens (primary N) is 2. The van der Waals surface area contributed by atoms with Crippen molar-refractivity contribution in [1.82, 2.24) is 0 Å². The highest BCUT2D eigenvalue weighted by molar-refractivity contribution is 4.48. The van der Waals surface area contributed by atoms with Crippen molar-refractivity contribution in [2.45, 2.75) is 35.2 Å². The lowest BCUT2D eigenvalue weighted by atomic mass is 10.4. The van der Waals surface area contributed by atoms with Gasteiger partial charge in [0.2, 0.25) is 0 Å². The van der Waals surface area contributed by atoms with Crippen LogP contribution >= 0.6 is 0 Å². The molecule has 0 saturated heterocycles. The maximum atomic E-state index is 5.17. The van der Waals surface area contributed by atoms with Crippen LogP contribution in [0.1, 0.15) is 29.2 Å². The Kier molecular flexibility index (Phi) is 48.7. The van der Waals surface area contributed by atoms with Crippen molar-refractivity contribution in [3.63, 3.8) is 0 Å². The molecule has 0 bridgehead atoms. The first-order chi connectivity index (χ1) is 2.27. The number of rotatable bonds is 1. The molecule has 0 aliphatic rings. The second-order valence-corrected chi connectivity index (χ2v) is 1.21. The van der Waals surface area contributed by atoms with Gasteiger partial charge in [0.05, 0.1) is 0 Å². The van der Waals surface area contributed by atoms with Gasteiger partial charge in [-0.3, -0.25) is 0 Å². The lowest BCUT2D eigenvalue weighted by Crippen LogP contribution is -2.25. The molecule has 0 aliphatic carbocycles. The molecule has 0 amide bonds. The van der Waals surface area contributed by atoms with E-state index in [2.05, 4.69) is 0 Å². The zero-order valence-electron chi connectivity index (χ0n) is 3.44. The van der Waals surface area contributed by atoms with E-state index in [0.717, 1.165) is 0 Å². The smallest absolute Gasteiger partial charge is 0.0134 e. The predicted octanol–water partition coefficient (Wildman–Crippen LogP) is 1.20. The van der Waals surface area contributed by atoms with E-state index in [0.29, 0.717) is 6.54 Å². The van der Waals surface area contributed by atoms with E-state index in [1.54, 1.807) is 0 Å². The normalized spacial score (nSPS) is 9.38. The maximum absolute atomic E-state index is 5.17. The number of hydrogen-bond acceptors (Lipinski definition) is 2. The third kappa shape index (κ3) is 38.9. The van der Waals surface area contributed by atoms with Crippen LogP contribution in [0, 0.1) is 0 Å². The van der Waals surface area contributed by atoms with Crippen LogP contribution in [-0.4, -0.2) is 12.6 Å². The summed E-state index contributed by atoms with van der Waals surface area (Å²) in [4.78, 5) is 0. The molecule has 2 heteroatoms. The lowest BCUT2D eigenvalue weighted by Gasteiger charge is -1.92. The third-order valence-corrected chi connectivity index (χ3v) is 0.372. The molecule has 0 spiro atoms. The van der Waals surface area contributed by atoms with Gasteiger partial charge in [-0.25, -0.2) is 0 Å². The lowest BCUT2D eigenvalue weighted by molar-refractivity contribution is 0.752. The molecule has 0 radical (unpaired) electrons. The molecule has 2 nitrogen and oxygen atoms in total. The summed E-state index contributed by atoms with van der Waals surface area (Å²) in [5.74, 6) is 0. The van der Waals surface area contributed by atoms with Crippen molar-refractivity contribution >= 4 is 0 Å². The molecule has 0 rings (SSSR count). The highest BCUT2D eigenvalue weighted by Crippen LogP contribution is 1.59. The Hall–Kier alpha value is -0.0800. The van der Waals surface area contributed by atoms with Crippen LogP contribution in [-0.2, 0) is 0 Å². The summed E-state index contributed by atoms with van der Waals surface area (Å²) in [6, 6.07) is 0.162. The molecule has 56 valence electrons. The average molecular weight is 122 g/mol. The van der Waals surface area contributed by atoms with Crippen LogP contribution in [0.15, 0.2) is 0 Å². The molecule has 0 aromatic heterocycles. The van der Waals surface area contributed by atoms with Crippen LogP contribution in [0.3, 0.4) is 0 Å². The summed E-state index contributed by atoms with van der Waals surface area (Å²) in [7, 11) is 0. The molecule has 0 heterocycles. The van der Waals surface area contributed by atoms with Crippen molar-refractivity contribution in [2.24, 2.45) is 11.5 Å². The molecule has 4 N–H and O–H groups in total. The Balaban J connectivity index is -0.0000000267. The summed E-state index contributed by atoms with van der Waals surface area (Å²) >= 11 is 0. The maximum Gasteiger partial charge on any atom is 0.0134 e. The van der Waals surface area contributed by atoms with E-state index in [-0.39, 0.29) is 28.3 Å². The zero-order valence-corrected chi connectivity index (χ0v) is 3.44. The summed E-state index contributed by atoms with van der Waals surface area (Å²) in [5.41, 5.74) is 10.2. The summed E-state index contributed by atoms with van der Waals surface area (Å²) < 4.78 is 0. The van der Waals surface area contributed by atoms with Gasteiger partial charge < -0.3 is 11.5 Å². The van der Waals surface area contributed by atoms with Crippen molar-refractivity contribution in [3.05, 3.63) is 0 Å². The van der Waals surface area contributed by atoms with Crippen LogP contribution in [0.25, 0.3) is 0 Å². The van der Waals surface area contributed by atoms with Crippen molar-refractivity contribution < 1.29 is 0 Å². The molecule has 0 fully saturated rings. The van der Waals surface area contributed by atoms with Gasteiger partial charge in [-0.05, 0) is 6.92 Å².